The van der Waals surface area contributed by atoms with Gasteiger partial charge in [-0.2, -0.15) is 10.2 Å². The number of carbonyl (C=O) groups is 1. The van der Waals surface area contributed by atoms with Gasteiger partial charge in [-0.15, -0.1) is 0 Å². The van der Waals surface area contributed by atoms with Crippen LogP contribution in [0.1, 0.15) is 17.7 Å². The fourth-order valence-electron chi connectivity index (χ4n) is 2.41. The van der Waals surface area contributed by atoms with E-state index in [2.05, 4.69) is 31.4 Å². The SMILES string of the molecule is Cc1nn(CCC(=O)Nc2nn(Cc3ccc(Cl)cc3Cl)cc2Br)cc1Cl. The summed E-state index contributed by atoms with van der Waals surface area (Å²) in [5.41, 5.74) is 1.61. The summed E-state index contributed by atoms with van der Waals surface area (Å²) < 4.78 is 4.01. The Hall–Kier alpha value is -1.54. The number of nitrogens with one attached hydrogen (secondary N) is 1. The number of rotatable bonds is 6. The van der Waals surface area contributed by atoms with Crippen molar-refractivity contribution in [1.29, 1.82) is 0 Å². The van der Waals surface area contributed by atoms with E-state index < -0.39 is 0 Å². The maximum Gasteiger partial charge on any atom is 0.227 e. The lowest BCUT2D eigenvalue weighted by Crippen LogP contribution is -2.15. The number of benzene rings is 1. The highest BCUT2D eigenvalue weighted by atomic mass is 79.9. The van der Waals surface area contributed by atoms with Gasteiger partial charge in [0, 0.05) is 35.4 Å². The molecule has 0 radical (unpaired) electrons. The van der Waals surface area contributed by atoms with Crippen LogP contribution in [0.3, 0.4) is 0 Å². The monoisotopic (exact) mass is 489 g/mol. The van der Waals surface area contributed by atoms with E-state index in [1.54, 1.807) is 33.9 Å². The summed E-state index contributed by atoms with van der Waals surface area (Å²) in [6, 6.07) is 5.30. The van der Waals surface area contributed by atoms with Crippen molar-refractivity contribution in [1.82, 2.24) is 19.6 Å². The molecule has 3 rings (SSSR count). The maximum absolute atomic E-state index is 12.2. The summed E-state index contributed by atoms with van der Waals surface area (Å²) in [5.74, 6) is 0.273. The molecule has 0 saturated carbocycles. The molecule has 27 heavy (non-hydrogen) atoms. The molecule has 0 aliphatic rings. The minimum Gasteiger partial charge on any atom is -0.308 e. The molecular weight excluding hydrogens is 476 g/mol. The third-order valence-electron chi connectivity index (χ3n) is 3.78. The lowest BCUT2D eigenvalue weighted by Gasteiger charge is -2.05. The van der Waals surface area contributed by atoms with Gasteiger partial charge in [0.25, 0.3) is 0 Å². The third kappa shape index (κ3) is 5.25. The maximum atomic E-state index is 12.2. The number of hydrogen-bond acceptors (Lipinski definition) is 3. The van der Waals surface area contributed by atoms with Gasteiger partial charge in [0.2, 0.25) is 5.91 Å². The molecule has 0 aliphatic heterocycles. The van der Waals surface area contributed by atoms with E-state index in [9.17, 15) is 4.79 Å². The Morgan fingerprint density at radius 1 is 1.15 bits per heavy atom. The molecule has 1 N–H and O–H groups in total. The van der Waals surface area contributed by atoms with E-state index in [4.69, 9.17) is 34.8 Å². The van der Waals surface area contributed by atoms with Crippen LogP contribution < -0.4 is 5.32 Å². The van der Waals surface area contributed by atoms with Crippen LogP contribution >= 0.6 is 50.7 Å². The Labute approximate surface area is 179 Å². The second-order valence-electron chi connectivity index (χ2n) is 5.88. The van der Waals surface area contributed by atoms with E-state index in [0.717, 1.165) is 11.3 Å². The van der Waals surface area contributed by atoms with Crippen molar-refractivity contribution in [3.63, 3.8) is 0 Å². The van der Waals surface area contributed by atoms with Gasteiger partial charge in [0.05, 0.1) is 21.7 Å². The first-order chi connectivity index (χ1) is 12.8. The first kappa shape index (κ1) is 20.2. The minimum atomic E-state index is -0.172. The smallest absolute Gasteiger partial charge is 0.227 e. The van der Waals surface area contributed by atoms with Crippen molar-refractivity contribution >= 4 is 62.5 Å². The Morgan fingerprint density at radius 3 is 2.59 bits per heavy atom. The number of carbonyl (C=O) groups excluding carboxylic acids is 1. The fraction of sp³-hybridized carbons (Fsp3) is 0.235. The summed E-state index contributed by atoms with van der Waals surface area (Å²) >= 11 is 21.5. The van der Waals surface area contributed by atoms with E-state index in [1.807, 2.05) is 13.0 Å². The van der Waals surface area contributed by atoms with Crippen molar-refractivity contribution in [2.75, 3.05) is 5.32 Å². The zero-order valence-corrected chi connectivity index (χ0v) is 18.1. The lowest BCUT2D eigenvalue weighted by atomic mass is 10.2. The van der Waals surface area contributed by atoms with Crippen LogP contribution in [0, 0.1) is 6.92 Å². The summed E-state index contributed by atoms with van der Waals surface area (Å²) in [4.78, 5) is 12.2. The lowest BCUT2D eigenvalue weighted by molar-refractivity contribution is -0.116. The molecule has 0 saturated heterocycles. The van der Waals surface area contributed by atoms with Gasteiger partial charge in [-0.1, -0.05) is 40.9 Å². The molecule has 2 heterocycles. The van der Waals surface area contributed by atoms with Gasteiger partial charge in [0.15, 0.2) is 5.82 Å². The van der Waals surface area contributed by atoms with Crippen LogP contribution in [0.25, 0.3) is 0 Å². The number of halogens is 4. The number of hydrogen-bond donors (Lipinski definition) is 1. The number of nitrogens with zero attached hydrogens (tertiary/aromatic N) is 4. The van der Waals surface area contributed by atoms with Crippen LogP contribution in [-0.4, -0.2) is 25.5 Å². The molecule has 3 aromatic rings. The molecule has 0 fully saturated rings. The summed E-state index contributed by atoms with van der Waals surface area (Å²) in [5, 5.41) is 13.1. The van der Waals surface area contributed by atoms with Crippen molar-refractivity contribution < 1.29 is 4.79 Å². The van der Waals surface area contributed by atoms with Crippen LogP contribution in [0.15, 0.2) is 35.1 Å². The number of anilines is 1. The molecule has 10 heteroatoms. The highest BCUT2D eigenvalue weighted by Crippen LogP contribution is 2.24. The molecule has 0 atom stereocenters. The molecular formula is C17H15BrCl3N5O. The second kappa shape index (κ2) is 8.65. The van der Waals surface area contributed by atoms with E-state index in [1.165, 1.54) is 0 Å². The van der Waals surface area contributed by atoms with Crippen LogP contribution in [0.2, 0.25) is 15.1 Å². The molecule has 0 bridgehead atoms. The Balaban J connectivity index is 1.61. The highest BCUT2D eigenvalue weighted by Gasteiger charge is 2.12. The predicted octanol–water partition coefficient (Wildman–Crippen LogP) is 5.19. The predicted molar refractivity (Wildman–Crippen MR) is 111 cm³/mol. The Morgan fingerprint density at radius 2 is 1.93 bits per heavy atom. The van der Waals surface area contributed by atoms with Gasteiger partial charge in [0.1, 0.15) is 0 Å². The standard InChI is InChI=1S/C17H15BrCl3N5O/c1-10-15(21)9-25(23-10)5-4-16(27)22-17-13(18)8-26(24-17)7-11-2-3-12(19)6-14(11)20/h2-3,6,8-9H,4-5,7H2,1H3,(H,22,24,27). The van der Waals surface area contributed by atoms with E-state index in [0.29, 0.717) is 38.4 Å². The summed E-state index contributed by atoms with van der Waals surface area (Å²) in [6.45, 7) is 2.70. The van der Waals surface area contributed by atoms with Gasteiger partial charge in [-0.25, -0.2) is 0 Å². The number of aromatic nitrogens is 4. The molecule has 6 nitrogen and oxygen atoms in total. The quantitative estimate of drug-likeness (QED) is 0.516. The number of amides is 1. The molecule has 2 aromatic heterocycles. The van der Waals surface area contributed by atoms with Crippen molar-refractivity contribution in [2.45, 2.75) is 26.4 Å². The zero-order chi connectivity index (χ0) is 19.6. The Bertz CT molecular complexity index is 966. The molecule has 0 aliphatic carbocycles. The summed E-state index contributed by atoms with van der Waals surface area (Å²) in [7, 11) is 0. The third-order valence-corrected chi connectivity index (χ3v) is 5.32. The summed E-state index contributed by atoms with van der Waals surface area (Å²) in [6.07, 6.45) is 3.72. The first-order valence-electron chi connectivity index (χ1n) is 7.98. The van der Waals surface area contributed by atoms with Gasteiger partial charge in [-0.3, -0.25) is 14.2 Å². The van der Waals surface area contributed by atoms with Gasteiger partial charge in [-0.05, 0) is 40.5 Å². The Kier molecular flexibility index (Phi) is 6.47. The largest absolute Gasteiger partial charge is 0.308 e. The zero-order valence-electron chi connectivity index (χ0n) is 14.2. The molecule has 0 spiro atoms. The second-order valence-corrected chi connectivity index (χ2v) is 7.99. The average molecular weight is 492 g/mol. The number of aryl methyl sites for hydroxylation is 2. The first-order valence-corrected chi connectivity index (χ1v) is 9.91. The molecule has 0 unspecified atom stereocenters. The van der Waals surface area contributed by atoms with Crippen LogP contribution in [0.4, 0.5) is 5.82 Å². The van der Waals surface area contributed by atoms with Crippen molar-refractivity contribution in [3.8, 4) is 0 Å². The van der Waals surface area contributed by atoms with Crippen molar-refractivity contribution in [2.24, 2.45) is 0 Å². The fourth-order valence-corrected chi connectivity index (χ4v) is 3.44. The van der Waals surface area contributed by atoms with E-state index >= 15 is 0 Å². The normalized spacial score (nSPS) is 11.0. The highest BCUT2D eigenvalue weighted by molar-refractivity contribution is 9.10. The van der Waals surface area contributed by atoms with E-state index in [-0.39, 0.29) is 12.3 Å². The van der Waals surface area contributed by atoms with Gasteiger partial charge >= 0.3 is 0 Å². The van der Waals surface area contributed by atoms with Crippen molar-refractivity contribution in [3.05, 3.63) is 61.4 Å². The van der Waals surface area contributed by atoms with Crippen LogP contribution in [-0.2, 0) is 17.9 Å². The van der Waals surface area contributed by atoms with Gasteiger partial charge < -0.3 is 5.32 Å². The van der Waals surface area contributed by atoms with Crippen LogP contribution in [0.5, 0.6) is 0 Å². The minimum absolute atomic E-state index is 0.172. The molecule has 142 valence electrons. The molecule has 1 aromatic carbocycles. The molecule has 1 amide bonds. The topological polar surface area (TPSA) is 64.7 Å². The average Bonchev–Trinajstić information content (AvgIpc) is 3.10.